The van der Waals surface area contributed by atoms with Gasteiger partial charge in [-0.3, -0.25) is 9.59 Å². The summed E-state index contributed by atoms with van der Waals surface area (Å²) in [4.78, 5) is 22.9. The zero-order valence-electron chi connectivity index (χ0n) is 17.3. The second-order valence-corrected chi connectivity index (χ2v) is 10.0. The molecule has 0 aromatic heterocycles. The number of carbonyl (C=O) groups is 2. The summed E-state index contributed by atoms with van der Waals surface area (Å²) < 4.78 is 11.2. The third-order valence-corrected chi connectivity index (χ3v) is 8.71. The van der Waals surface area contributed by atoms with Crippen LogP contribution in [0.25, 0.3) is 0 Å². The molecule has 0 N–H and O–H groups in total. The van der Waals surface area contributed by atoms with Gasteiger partial charge in [-0.1, -0.05) is 13.8 Å². The van der Waals surface area contributed by atoms with E-state index in [4.69, 9.17) is 9.47 Å². The molecule has 4 rings (SSSR count). The highest BCUT2D eigenvalue weighted by molar-refractivity contribution is 5.67. The number of fused-ring (bicyclic) bond motifs is 5. The highest BCUT2D eigenvalue weighted by Gasteiger charge is 2.59. The fourth-order valence-corrected chi connectivity index (χ4v) is 7.40. The zero-order valence-corrected chi connectivity index (χ0v) is 17.3. The fourth-order valence-electron chi connectivity index (χ4n) is 7.40. The quantitative estimate of drug-likeness (QED) is 0.637. The summed E-state index contributed by atoms with van der Waals surface area (Å²) in [5.74, 6) is 3.35. The summed E-state index contributed by atoms with van der Waals surface area (Å²) in [6, 6.07) is 0. The minimum Gasteiger partial charge on any atom is -0.463 e. The van der Waals surface area contributed by atoms with E-state index in [-0.39, 0.29) is 23.5 Å². The van der Waals surface area contributed by atoms with Gasteiger partial charge in [0.2, 0.25) is 0 Å². The smallest absolute Gasteiger partial charge is 0.307 e. The van der Waals surface area contributed by atoms with Gasteiger partial charge in [0.1, 0.15) is 11.9 Å². The van der Waals surface area contributed by atoms with E-state index < -0.39 is 0 Å². The Morgan fingerprint density at radius 2 is 1.78 bits per heavy atom. The largest absolute Gasteiger partial charge is 0.463 e. The van der Waals surface area contributed by atoms with E-state index in [1.807, 2.05) is 0 Å². The van der Waals surface area contributed by atoms with Crippen molar-refractivity contribution in [1.82, 2.24) is 0 Å². The molecule has 4 nitrogen and oxygen atoms in total. The summed E-state index contributed by atoms with van der Waals surface area (Å²) in [5.41, 5.74) is 0.399. The molecular formula is C23H34O4. The number of allylic oxidation sites excluding steroid dienone is 2. The Morgan fingerprint density at radius 1 is 1.00 bits per heavy atom. The Kier molecular flexibility index (Phi) is 4.67. The van der Waals surface area contributed by atoms with E-state index in [1.54, 1.807) is 0 Å². The minimum atomic E-state index is -0.190. The summed E-state index contributed by atoms with van der Waals surface area (Å²) in [6.07, 6.45) is 11.4. The number of esters is 2. The third-order valence-electron chi connectivity index (χ3n) is 8.71. The van der Waals surface area contributed by atoms with Crippen LogP contribution in [0.4, 0.5) is 0 Å². The third kappa shape index (κ3) is 3.03. The molecule has 0 radical (unpaired) electrons. The first-order chi connectivity index (χ1) is 12.7. The molecule has 3 saturated carbocycles. The number of hydrogen-bond donors (Lipinski definition) is 0. The molecule has 4 aliphatic carbocycles. The molecule has 0 aliphatic heterocycles. The van der Waals surface area contributed by atoms with Gasteiger partial charge in [0.05, 0.1) is 0 Å². The Labute approximate surface area is 163 Å². The molecule has 3 fully saturated rings. The average Bonchev–Trinajstić information content (AvgIpc) is 2.91. The van der Waals surface area contributed by atoms with Crippen LogP contribution in [-0.2, 0) is 19.1 Å². The normalized spacial score (nSPS) is 45.8. The van der Waals surface area contributed by atoms with E-state index in [9.17, 15) is 9.59 Å². The summed E-state index contributed by atoms with van der Waals surface area (Å²) in [5, 5.41) is 0. The van der Waals surface area contributed by atoms with Crippen molar-refractivity contribution >= 4 is 11.9 Å². The molecule has 0 unspecified atom stereocenters. The fraction of sp³-hybridized carbons (Fsp3) is 0.826. The van der Waals surface area contributed by atoms with Crippen molar-refractivity contribution in [3.05, 3.63) is 11.8 Å². The maximum Gasteiger partial charge on any atom is 0.307 e. The van der Waals surface area contributed by atoms with Gasteiger partial charge in [-0.15, -0.1) is 0 Å². The van der Waals surface area contributed by atoms with Crippen molar-refractivity contribution in [2.24, 2.45) is 34.5 Å². The predicted octanol–water partition coefficient (Wildman–Crippen LogP) is 5.02. The van der Waals surface area contributed by atoms with Crippen LogP contribution in [0.3, 0.4) is 0 Å². The number of hydrogen-bond acceptors (Lipinski definition) is 4. The molecule has 0 spiro atoms. The molecule has 4 aliphatic rings. The van der Waals surface area contributed by atoms with Crippen molar-refractivity contribution in [3.63, 3.8) is 0 Å². The molecule has 4 heteroatoms. The van der Waals surface area contributed by atoms with Crippen molar-refractivity contribution in [1.29, 1.82) is 0 Å². The summed E-state index contributed by atoms with van der Waals surface area (Å²) >= 11 is 0. The maximum absolute atomic E-state index is 11.5. The van der Waals surface area contributed by atoms with Gasteiger partial charge in [-0.2, -0.15) is 0 Å². The van der Waals surface area contributed by atoms with E-state index in [0.717, 1.165) is 43.3 Å². The summed E-state index contributed by atoms with van der Waals surface area (Å²) in [7, 11) is 0. The zero-order chi connectivity index (χ0) is 19.4. The van der Waals surface area contributed by atoms with Crippen LogP contribution in [0.2, 0.25) is 0 Å². The molecule has 0 aromatic carbocycles. The molecule has 7 atom stereocenters. The molecule has 0 bridgehead atoms. The lowest BCUT2D eigenvalue weighted by molar-refractivity contribution is -0.159. The molecule has 0 aromatic rings. The van der Waals surface area contributed by atoms with E-state index >= 15 is 0 Å². The Bertz CT molecular complexity index is 667. The van der Waals surface area contributed by atoms with E-state index in [1.165, 1.54) is 39.5 Å². The lowest BCUT2D eigenvalue weighted by atomic mass is 9.45. The van der Waals surface area contributed by atoms with Crippen molar-refractivity contribution in [2.45, 2.75) is 85.2 Å². The van der Waals surface area contributed by atoms with Gasteiger partial charge < -0.3 is 9.47 Å². The average molecular weight is 375 g/mol. The van der Waals surface area contributed by atoms with Crippen molar-refractivity contribution in [2.75, 3.05) is 0 Å². The van der Waals surface area contributed by atoms with E-state index in [2.05, 4.69) is 19.9 Å². The second-order valence-electron chi connectivity index (χ2n) is 10.0. The van der Waals surface area contributed by atoms with Crippen LogP contribution >= 0.6 is 0 Å². The van der Waals surface area contributed by atoms with Crippen LogP contribution in [-0.4, -0.2) is 18.0 Å². The van der Waals surface area contributed by atoms with Crippen LogP contribution < -0.4 is 0 Å². The standard InChI is InChI=1S/C23H34O4/c1-14(24)26-17-9-11-22(3)16(13-17)5-6-18-19-7-8-21(27-15(2)25)23(19,4)12-10-20(18)22/h8,16-20H,5-7,9-13H2,1-4H3/t16-,17-,18+,19+,20+,22-,23+/m0/s1. The monoisotopic (exact) mass is 374 g/mol. The topological polar surface area (TPSA) is 52.6 Å². The van der Waals surface area contributed by atoms with Crippen LogP contribution in [0.15, 0.2) is 11.8 Å². The van der Waals surface area contributed by atoms with Gasteiger partial charge in [0, 0.05) is 19.3 Å². The highest BCUT2D eigenvalue weighted by atomic mass is 16.5. The number of ether oxygens (including phenoxy) is 2. The minimum absolute atomic E-state index is 0.0327. The molecule has 0 saturated heterocycles. The Hall–Kier alpha value is -1.32. The van der Waals surface area contributed by atoms with E-state index in [0.29, 0.717) is 17.3 Å². The van der Waals surface area contributed by atoms with Crippen molar-refractivity contribution < 1.29 is 19.1 Å². The Balaban J connectivity index is 1.51. The van der Waals surface area contributed by atoms with Gasteiger partial charge in [0.15, 0.2) is 0 Å². The van der Waals surface area contributed by atoms with Crippen LogP contribution in [0, 0.1) is 34.5 Å². The molecule has 27 heavy (non-hydrogen) atoms. The molecule has 0 heterocycles. The molecular weight excluding hydrogens is 340 g/mol. The molecule has 150 valence electrons. The lowest BCUT2D eigenvalue weighted by Crippen LogP contribution is -2.54. The van der Waals surface area contributed by atoms with Crippen molar-refractivity contribution in [3.8, 4) is 0 Å². The predicted molar refractivity (Wildman–Crippen MR) is 103 cm³/mol. The van der Waals surface area contributed by atoms with Gasteiger partial charge in [-0.25, -0.2) is 0 Å². The number of carbonyl (C=O) groups excluding carboxylic acids is 2. The van der Waals surface area contributed by atoms with Crippen LogP contribution in [0.5, 0.6) is 0 Å². The maximum atomic E-state index is 11.5. The summed E-state index contributed by atoms with van der Waals surface area (Å²) in [6.45, 7) is 7.87. The Morgan fingerprint density at radius 3 is 2.48 bits per heavy atom. The van der Waals surface area contributed by atoms with Crippen LogP contribution in [0.1, 0.15) is 79.1 Å². The highest BCUT2D eigenvalue weighted by Crippen LogP contribution is 2.66. The van der Waals surface area contributed by atoms with Gasteiger partial charge in [-0.05, 0) is 86.5 Å². The first kappa shape index (κ1) is 19.0. The first-order valence-corrected chi connectivity index (χ1v) is 10.8. The second kappa shape index (κ2) is 6.63. The van der Waals surface area contributed by atoms with Gasteiger partial charge in [0.25, 0.3) is 0 Å². The lowest BCUT2D eigenvalue weighted by Gasteiger charge is -2.60. The number of rotatable bonds is 2. The molecule has 0 amide bonds. The van der Waals surface area contributed by atoms with Gasteiger partial charge >= 0.3 is 11.9 Å². The first-order valence-electron chi connectivity index (χ1n) is 10.8. The SMILES string of the molecule is CC(=O)OC1=CC[C@@H]2[C@H]3CC[C@H]4C[C@@H](OC(C)=O)CC[C@]4(C)[C@@H]3CC[C@@]12C.